The predicted octanol–water partition coefficient (Wildman–Crippen LogP) is 6.45. The number of ketones is 1. The quantitative estimate of drug-likeness (QED) is 0.130. The molecule has 0 saturated carbocycles. The number of thiophene rings is 1. The van der Waals surface area contributed by atoms with Crippen LogP contribution in [-0.2, 0) is 0 Å². The van der Waals surface area contributed by atoms with E-state index in [2.05, 4.69) is 10.0 Å². The molecule has 3 N–H and O–H groups in total. The van der Waals surface area contributed by atoms with E-state index in [1.165, 1.54) is 24.3 Å². The average molecular weight is 594 g/mol. The van der Waals surface area contributed by atoms with Crippen LogP contribution in [0.15, 0.2) is 89.5 Å². The lowest BCUT2D eigenvalue weighted by Gasteiger charge is -2.09. The number of nitrogen functional groups attached to an aromatic ring is 1. The van der Waals surface area contributed by atoms with Gasteiger partial charge in [-0.05, 0) is 41.5 Å². The summed E-state index contributed by atoms with van der Waals surface area (Å²) in [5.41, 5.74) is 8.62. The first-order chi connectivity index (χ1) is 20.1. The summed E-state index contributed by atoms with van der Waals surface area (Å²) >= 11 is 0.955. The minimum Gasteiger partial charge on any atom is -0.474 e. The zero-order chi connectivity index (χ0) is 29.6. The molecule has 0 saturated heterocycles. The van der Waals surface area contributed by atoms with Crippen LogP contribution in [0.2, 0.25) is 0 Å². The van der Waals surface area contributed by atoms with Crippen LogP contribution in [0.5, 0.6) is 11.7 Å². The fourth-order valence-corrected chi connectivity index (χ4v) is 5.51. The smallest absolute Gasteiger partial charge is 0.474 e. The van der Waals surface area contributed by atoms with Crippen LogP contribution in [0.3, 0.4) is 0 Å². The van der Waals surface area contributed by atoms with Crippen molar-refractivity contribution in [1.82, 2.24) is 10.3 Å². The molecule has 3 heterocycles. The summed E-state index contributed by atoms with van der Waals surface area (Å²) in [6, 6.07) is 21.3. The molecule has 6 rings (SSSR count). The summed E-state index contributed by atoms with van der Waals surface area (Å²) in [5, 5.41) is 14.5. The number of hydrogen-bond acceptors (Lipinski definition) is 8. The molecule has 0 fully saturated rings. The Labute approximate surface area is 237 Å². The van der Waals surface area contributed by atoms with Gasteiger partial charge in [0.05, 0.1) is 11.4 Å². The van der Waals surface area contributed by atoms with E-state index in [0.29, 0.717) is 27.0 Å². The highest BCUT2D eigenvalue weighted by molar-refractivity contribution is 7.21. The maximum absolute atomic E-state index is 14.2. The Morgan fingerprint density at radius 1 is 0.976 bits per heavy atom. The number of anilines is 1. The molecule has 0 aliphatic carbocycles. The van der Waals surface area contributed by atoms with Crippen molar-refractivity contribution >= 4 is 33.0 Å². The van der Waals surface area contributed by atoms with Gasteiger partial charge >= 0.3 is 18.0 Å². The zero-order valence-corrected chi connectivity index (χ0v) is 21.9. The third kappa shape index (κ3) is 5.01. The van der Waals surface area contributed by atoms with Crippen molar-refractivity contribution in [2.75, 3.05) is 5.73 Å². The number of rotatable bonds is 6. The molecule has 13 heteroatoms. The van der Waals surface area contributed by atoms with Gasteiger partial charge in [-0.15, -0.1) is 24.5 Å². The van der Waals surface area contributed by atoms with Crippen molar-refractivity contribution in [3.63, 3.8) is 0 Å². The third-order valence-electron chi connectivity index (χ3n) is 6.26. The number of alkyl halides is 3. The van der Waals surface area contributed by atoms with Crippen LogP contribution >= 0.6 is 11.3 Å². The molecule has 0 aliphatic heterocycles. The number of fused-ring (bicyclic) bond motifs is 1. The Hall–Kier alpha value is -5.30. The van der Waals surface area contributed by atoms with Gasteiger partial charge in [-0.25, -0.2) is 9.37 Å². The first-order valence-electron chi connectivity index (χ1n) is 12.2. The van der Waals surface area contributed by atoms with Gasteiger partial charge in [-0.3, -0.25) is 9.32 Å². The molecule has 3 aromatic heterocycles. The van der Waals surface area contributed by atoms with Gasteiger partial charge in [0.1, 0.15) is 21.3 Å². The van der Waals surface area contributed by atoms with Crippen molar-refractivity contribution < 1.29 is 41.4 Å². The molecule has 3 aromatic carbocycles. The van der Waals surface area contributed by atoms with Crippen molar-refractivity contribution in [1.29, 1.82) is 0 Å². The first kappa shape index (κ1) is 26.9. The number of carbonyl (C=O) groups is 1. The van der Waals surface area contributed by atoms with Crippen molar-refractivity contribution in [2.24, 2.45) is 0 Å². The van der Waals surface area contributed by atoms with Crippen LogP contribution in [0.4, 0.5) is 23.2 Å². The number of hydrogen-bond donors (Lipinski definition) is 2. The molecule has 0 radical (unpaired) electrons. The highest BCUT2D eigenvalue weighted by Crippen LogP contribution is 2.42. The zero-order valence-electron chi connectivity index (χ0n) is 21.1. The molecule has 0 spiro atoms. The molecule has 0 bridgehead atoms. The predicted molar refractivity (Wildman–Crippen MR) is 145 cm³/mol. The lowest BCUT2D eigenvalue weighted by molar-refractivity contribution is -0.672. The standard InChI is InChI=1S/C29H16F4N4O4S/c30-17-8-4-7-16(13-17)20-14-21(15-5-2-1-3-6-15)35-27-22(20)23(34)26(42-27)25(38)24-28(39)41-36-37(24)18-9-11-19(12-10-18)40-29(31,32)33/h1-14H,(H2-,34,36,38,39)/p+1. The van der Waals surface area contributed by atoms with E-state index < -0.39 is 35.4 Å². The molecule has 8 nitrogen and oxygen atoms in total. The van der Waals surface area contributed by atoms with Crippen molar-refractivity contribution in [3.05, 3.63) is 101 Å². The Bertz CT molecular complexity index is 1960. The molecular formula is C29H17F4N4O4S+. The molecule has 0 aliphatic rings. The molecule has 0 unspecified atom stereocenters. The number of carbonyl (C=O) groups excluding carboxylic acids is 1. The van der Waals surface area contributed by atoms with Crippen LogP contribution in [0, 0.1) is 5.82 Å². The Kier molecular flexibility index (Phi) is 6.58. The Morgan fingerprint density at radius 3 is 2.38 bits per heavy atom. The number of ether oxygens (including phenoxy) is 1. The summed E-state index contributed by atoms with van der Waals surface area (Å²) in [6.07, 6.45) is -4.89. The summed E-state index contributed by atoms with van der Waals surface area (Å²) < 4.78 is 61.6. The van der Waals surface area contributed by atoms with E-state index >= 15 is 0 Å². The van der Waals surface area contributed by atoms with E-state index in [0.717, 1.165) is 33.7 Å². The fraction of sp³-hybridized carbons (Fsp3) is 0.0345. The second-order valence-electron chi connectivity index (χ2n) is 8.97. The van der Waals surface area contributed by atoms with Gasteiger partial charge in [0.2, 0.25) is 11.0 Å². The summed E-state index contributed by atoms with van der Waals surface area (Å²) in [5.74, 6) is -2.58. The lowest BCUT2D eigenvalue weighted by atomic mass is 9.99. The van der Waals surface area contributed by atoms with Crippen LogP contribution in [0.1, 0.15) is 15.4 Å². The van der Waals surface area contributed by atoms with E-state index in [9.17, 15) is 27.5 Å². The topological polar surface area (TPSA) is 115 Å². The minimum absolute atomic E-state index is 0.00959. The minimum atomic E-state index is -4.89. The lowest BCUT2D eigenvalue weighted by Crippen LogP contribution is -2.38. The van der Waals surface area contributed by atoms with Gasteiger partial charge in [0.25, 0.3) is 5.78 Å². The highest BCUT2D eigenvalue weighted by atomic mass is 32.1. The largest absolute Gasteiger partial charge is 0.573 e. The van der Waals surface area contributed by atoms with E-state index in [1.807, 2.05) is 30.3 Å². The number of nitrogens with zero attached hydrogens (tertiary/aromatic N) is 3. The van der Waals surface area contributed by atoms with Gasteiger partial charge in [0.15, 0.2) is 0 Å². The molecule has 0 atom stereocenters. The van der Waals surface area contributed by atoms with Crippen LogP contribution in [-0.4, -0.2) is 27.5 Å². The van der Waals surface area contributed by atoms with Gasteiger partial charge in [-0.2, -0.15) is 0 Å². The third-order valence-corrected chi connectivity index (χ3v) is 7.36. The number of halogens is 4. The first-order valence-corrected chi connectivity index (χ1v) is 13.0. The Balaban J connectivity index is 1.48. The number of benzene rings is 3. The van der Waals surface area contributed by atoms with Gasteiger partial charge < -0.3 is 15.6 Å². The highest BCUT2D eigenvalue weighted by Gasteiger charge is 2.37. The molecule has 42 heavy (non-hydrogen) atoms. The number of aromatic nitrogens is 3. The van der Waals surface area contributed by atoms with Gasteiger partial charge in [0, 0.05) is 27.8 Å². The fourth-order valence-electron chi connectivity index (χ4n) is 4.45. The van der Waals surface area contributed by atoms with Crippen molar-refractivity contribution in [2.45, 2.75) is 6.36 Å². The normalized spacial score (nSPS) is 11.6. The van der Waals surface area contributed by atoms with E-state index in [1.54, 1.807) is 18.2 Å². The summed E-state index contributed by atoms with van der Waals surface area (Å²) in [6.45, 7) is 0. The molecule has 210 valence electrons. The van der Waals surface area contributed by atoms with Crippen molar-refractivity contribution in [3.8, 4) is 39.8 Å². The van der Waals surface area contributed by atoms with E-state index in [-0.39, 0.29) is 16.3 Å². The maximum atomic E-state index is 14.2. The second kappa shape index (κ2) is 10.3. The SMILES string of the molecule is Nc1c(C(=O)c2c(O)on[n+]2-c2ccc(OC(F)(F)F)cc2)sc2nc(-c3ccccc3)cc(-c3cccc(F)c3)c12. The van der Waals surface area contributed by atoms with Crippen LogP contribution < -0.4 is 15.2 Å². The molecule has 0 amide bonds. The summed E-state index contributed by atoms with van der Waals surface area (Å²) in [4.78, 5) is 18.9. The maximum Gasteiger partial charge on any atom is 0.573 e. The van der Waals surface area contributed by atoms with E-state index in [4.69, 9.17) is 15.2 Å². The number of pyridine rings is 1. The van der Waals surface area contributed by atoms with Crippen LogP contribution in [0.25, 0.3) is 38.3 Å². The molecule has 6 aromatic rings. The number of aromatic hydroxyl groups is 1. The number of nitrogens with two attached hydrogens (primary N) is 1. The monoisotopic (exact) mass is 593 g/mol. The van der Waals surface area contributed by atoms with Gasteiger partial charge in [-0.1, -0.05) is 42.5 Å². The second-order valence-corrected chi connectivity index (χ2v) is 9.96. The summed E-state index contributed by atoms with van der Waals surface area (Å²) in [7, 11) is 0. The Morgan fingerprint density at radius 2 is 1.69 bits per heavy atom. The average Bonchev–Trinajstić information content (AvgIpc) is 3.52. The molecular weight excluding hydrogens is 576 g/mol.